The van der Waals surface area contributed by atoms with Crippen LogP contribution in [-0.4, -0.2) is 45.9 Å². The summed E-state index contributed by atoms with van der Waals surface area (Å²) in [6.07, 6.45) is -0.958. The highest BCUT2D eigenvalue weighted by molar-refractivity contribution is 7.92. The largest absolute Gasteiger partial charge is 0.486 e. The number of carbonyl (C=O) groups excluding carboxylic acids is 1. The Morgan fingerprint density at radius 2 is 1.87 bits per heavy atom. The van der Waals surface area contributed by atoms with Gasteiger partial charge in [0.15, 0.2) is 17.6 Å². The lowest BCUT2D eigenvalue weighted by molar-refractivity contribution is -0.128. The van der Waals surface area contributed by atoms with Crippen molar-refractivity contribution >= 4 is 21.6 Å². The summed E-state index contributed by atoms with van der Waals surface area (Å²) in [6.45, 7) is 4.34. The standard InChI is InChI=1S/C21H24N2O6S/c1-3-30(25,26)23-13-20(29-17-7-5-4-6-16(17)23)21(24)22-14(2)15-8-9-18-19(12-15)28-11-10-27-18/h4-9,12,14,20H,3,10-11,13H2,1-2H3,(H,22,24)/t14-,20-/m0/s1. The first kappa shape index (κ1) is 20.3. The van der Waals surface area contributed by atoms with Crippen molar-refractivity contribution in [2.24, 2.45) is 0 Å². The van der Waals surface area contributed by atoms with Crippen LogP contribution in [0, 0.1) is 0 Å². The van der Waals surface area contributed by atoms with Gasteiger partial charge in [-0.25, -0.2) is 8.42 Å². The highest BCUT2D eigenvalue weighted by atomic mass is 32.2. The van der Waals surface area contributed by atoms with Crippen molar-refractivity contribution in [3.05, 3.63) is 48.0 Å². The minimum Gasteiger partial charge on any atom is -0.486 e. The van der Waals surface area contributed by atoms with E-state index in [1.165, 1.54) is 4.31 Å². The van der Waals surface area contributed by atoms with E-state index in [1.807, 2.05) is 25.1 Å². The van der Waals surface area contributed by atoms with Crippen LogP contribution >= 0.6 is 0 Å². The highest BCUT2D eigenvalue weighted by Crippen LogP contribution is 2.36. The predicted octanol–water partition coefficient (Wildman–Crippen LogP) is 2.25. The van der Waals surface area contributed by atoms with E-state index in [-0.39, 0.29) is 24.2 Å². The second-order valence-corrected chi connectivity index (χ2v) is 9.32. The van der Waals surface area contributed by atoms with Gasteiger partial charge >= 0.3 is 0 Å². The molecule has 2 aromatic carbocycles. The molecule has 2 heterocycles. The van der Waals surface area contributed by atoms with Crippen molar-refractivity contribution in [1.82, 2.24) is 5.32 Å². The van der Waals surface area contributed by atoms with Crippen molar-refractivity contribution in [3.8, 4) is 17.2 Å². The Labute approximate surface area is 175 Å². The number of rotatable bonds is 5. The summed E-state index contributed by atoms with van der Waals surface area (Å²) in [6, 6.07) is 12.0. The van der Waals surface area contributed by atoms with E-state index in [0.717, 1.165) is 5.56 Å². The summed E-state index contributed by atoms with van der Waals surface area (Å²) < 4.78 is 43.4. The van der Waals surface area contributed by atoms with Crippen molar-refractivity contribution in [2.45, 2.75) is 26.0 Å². The summed E-state index contributed by atoms with van der Waals surface area (Å²) in [5.74, 6) is 1.23. The fraction of sp³-hybridized carbons (Fsp3) is 0.381. The molecule has 4 rings (SSSR count). The maximum atomic E-state index is 12.9. The molecule has 0 saturated carbocycles. The lowest BCUT2D eigenvalue weighted by Crippen LogP contribution is -2.51. The molecule has 0 spiro atoms. The van der Waals surface area contributed by atoms with Crippen LogP contribution in [0.5, 0.6) is 17.2 Å². The molecule has 9 heteroatoms. The molecule has 2 aliphatic heterocycles. The Morgan fingerprint density at radius 3 is 2.63 bits per heavy atom. The molecule has 0 aliphatic carbocycles. The lowest BCUT2D eigenvalue weighted by Gasteiger charge is -2.35. The Morgan fingerprint density at radius 1 is 1.13 bits per heavy atom. The van der Waals surface area contributed by atoms with Gasteiger partial charge in [0.1, 0.15) is 19.0 Å². The molecule has 2 atom stereocenters. The molecular weight excluding hydrogens is 408 g/mol. The van der Waals surface area contributed by atoms with Gasteiger partial charge in [0.25, 0.3) is 5.91 Å². The second-order valence-electron chi connectivity index (χ2n) is 7.14. The van der Waals surface area contributed by atoms with E-state index in [1.54, 1.807) is 31.2 Å². The van der Waals surface area contributed by atoms with Gasteiger partial charge in [-0.2, -0.15) is 0 Å². The highest BCUT2D eigenvalue weighted by Gasteiger charge is 2.36. The van der Waals surface area contributed by atoms with Crippen LogP contribution in [0.4, 0.5) is 5.69 Å². The number of fused-ring (bicyclic) bond motifs is 2. The number of benzene rings is 2. The number of nitrogens with zero attached hydrogens (tertiary/aromatic N) is 1. The number of nitrogens with one attached hydrogen (secondary N) is 1. The molecule has 2 aromatic rings. The first-order chi connectivity index (χ1) is 14.4. The zero-order valence-corrected chi connectivity index (χ0v) is 17.6. The summed E-state index contributed by atoms with van der Waals surface area (Å²) in [7, 11) is -3.55. The van der Waals surface area contributed by atoms with Crippen LogP contribution in [0.2, 0.25) is 0 Å². The Hall–Kier alpha value is -2.94. The first-order valence-electron chi connectivity index (χ1n) is 9.85. The van der Waals surface area contributed by atoms with Gasteiger partial charge in [0.2, 0.25) is 10.0 Å². The monoisotopic (exact) mass is 432 g/mol. The number of hydrogen-bond acceptors (Lipinski definition) is 6. The van der Waals surface area contributed by atoms with Crippen LogP contribution in [0.1, 0.15) is 25.5 Å². The number of anilines is 1. The number of ether oxygens (including phenoxy) is 3. The van der Waals surface area contributed by atoms with Crippen molar-refractivity contribution in [1.29, 1.82) is 0 Å². The number of para-hydroxylation sites is 2. The van der Waals surface area contributed by atoms with E-state index in [0.29, 0.717) is 36.1 Å². The molecule has 0 unspecified atom stereocenters. The molecule has 0 bridgehead atoms. The Bertz CT molecular complexity index is 1060. The third-order valence-electron chi connectivity index (χ3n) is 5.15. The van der Waals surface area contributed by atoms with Crippen LogP contribution in [0.3, 0.4) is 0 Å². The van der Waals surface area contributed by atoms with Gasteiger partial charge < -0.3 is 19.5 Å². The van der Waals surface area contributed by atoms with Crippen LogP contribution < -0.4 is 23.8 Å². The Balaban J connectivity index is 1.52. The molecule has 1 N–H and O–H groups in total. The number of sulfonamides is 1. The molecule has 2 aliphatic rings. The summed E-state index contributed by atoms with van der Waals surface area (Å²) in [5.41, 5.74) is 1.30. The molecule has 8 nitrogen and oxygen atoms in total. The average Bonchev–Trinajstić information content (AvgIpc) is 2.77. The maximum Gasteiger partial charge on any atom is 0.263 e. The molecule has 1 amide bonds. The van der Waals surface area contributed by atoms with E-state index in [2.05, 4.69) is 5.32 Å². The van der Waals surface area contributed by atoms with E-state index >= 15 is 0 Å². The number of hydrogen-bond donors (Lipinski definition) is 1. The van der Waals surface area contributed by atoms with Crippen molar-refractivity contribution in [2.75, 3.05) is 29.8 Å². The summed E-state index contributed by atoms with van der Waals surface area (Å²) in [4.78, 5) is 12.9. The molecule has 0 aromatic heterocycles. The first-order valence-corrected chi connectivity index (χ1v) is 11.5. The molecule has 0 fully saturated rings. The quantitative estimate of drug-likeness (QED) is 0.779. The zero-order valence-electron chi connectivity index (χ0n) is 16.8. The maximum absolute atomic E-state index is 12.9. The molecule has 160 valence electrons. The third-order valence-corrected chi connectivity index (χ3v) is 6.90. The molecule has 0 radical (unpaired) electrons. The fourth-order valence-corrected chi connectivity index (χ4v) is 4.60. The average molecular weight is 432 g/mol. The molecule has 0 saturated heterocycles. The van der Waals surface area contributed by atoms with E-state index < -0.39 is 16.1 Å². The van der Waals surface area contributed by atoms with E-state index in [9.17, 15) is 13.2 Å². The predicted molar refractivity (Wildman–Crippen MR) is 112 cm³/mol. The van der Waals surface area contributed by atoms with Crippen LogP contribution in [0.15, 0.2) is 42.5 Å². The molecular formula is C21H24N2O6S. The third kappa shape index (κ3) is 3.89. The number of amides is 1. The fourth-order valence-electron chi connectivity index (χ4n) is 3.48. The number of carbonyl (C=O) groups is 1. The SMILES string of the molecule is CCS(=O)(=O)N1C[C@@H](C(=O)N[C@@H](C)c2ccc3c(c2)OCCO3)Oc2ccccc21. The van der Waals surface area contributed by atoms with Gasteiger partial charge in [0.05, 0.1) is 24.0 Å². The van der Waals surface area contributed by atoms with Crippen molar-refractivity contribution in [3.63, 3.8) is 0 Å². The topological polar surface area (TPSA) is 94.2 Å². The smallest absolute Gasteiger partial charge is 0.263 e. The van der Waals surface area contributed by atoms with Gasteiger partial charge in [-0.05, 0) is 43.7 Å². The van der Waals surface area contributed by atoms with Crippen LogP contribution in [-0.2, 0) is 14.8 Å². The normalized spacial score (nSPS) is 18.7. The zero-order chi connectivity index (χ0) is 21.3. The minimum absolute atomic E-state index is 0.0662. The minimum atomic E-state index is -3.55. The lowest BCUT2D eigenvalue weighted by atomic mass is 10.1. The Kier molecular flexibility index (Phi) is 5.46. The summed E-state index contributed by atoms with van der Waals surface area (Å²) >= 11 is 0. The molecule has 30 heavy (non-hydrogen) atoms. The van der Waals surface area contributed by atoms with Gasteiger partial charge in [-0.3, -0.25) is 9.10 Å². The summed E-state index contributed by atoms with van der Waals surface area (Å²) in [5, 5.41) is 2.91. The van der Waals surface area contributed by atoms with Crippen molar-refractivity contribution < 1.29 is 27.4 Å². The van der Waals surface area contributed by atoms with Gasteiger partial charge in [0, 0.05) is 0 Å². The van der Waals surface area contributed by atoms with Crippen LogP contribution in [0.25, 0.3) is 0 Å². The van der Waals surface area contributed by atoms with E-state index in [4.69, 9.17) is 14.2 Å². The second kappa shape index (κ2) is 8.06. The van der Waals surface area contributed by atoms with Gasteiger partial charge in [-0.1, -0.05) is 18.2 Å². The van der Waals surface area contributed by atoms with Gasteiger partial charge in [-0.15, -0.1) is 0 Å².